The molecule has 0 aromatic rings. The molecule has 0 aromatic heterocycles. The quantitative estimate of drug-likeness (QED) is 0.279. The lowest BCUT2D eigenvalue weighted by Crippen LogP contribution is -2.58. The average Bonchev–Trinajstić information content (AvgIpc) is 2.30. The fraction of sp³-hybridized carbons (Fsp3) is 1.00. The minimum Gasteiger partial charge on any atom is -0.394 e. The topological polar surface area (TPSA) is 146 Å². The van der Waals surface area contributed by atoms with Gasteiger partial charge in [0.1, 0.15) is 24.4 Å². The number of ether oxygens (including phenoxy) is 1. The maximum absolute atomic E-state index is 11.1. The van der Waals surface area contributed by atoms with E-state index in [-0.39, 0.29) is 0 Å². The number of aliphatic hydroxyl groups is 4. The zero-order chi connectivity index (χ0) is 13.2. The van der Waals surface area contributed by atoms with Crippen molar-refractivity contribution >= 4 is 7.82 Å². The molecule has 0 spiro atoms. The van der Waals surface area contributed by atoms with E-state index in [1.807, 2.05) is 0 Å². The molecule has 0 saturated carbocycles. The van der Waals surface area contributed by atoms with Gasteiger partial charge in [-0.1, -0.05) is 0 Å². The lowest BCUT2D eigenvalue weighted by molar-refractivity contribution is -0.281. The first kappa shape index (κ1) is 15.0. The monoisotopic (exact) mass is 276 g/mol. The van der Waals surface area contributed by atoms with Gasteiger partial charge in [-0.05, 0) is 0 Å². The van der Waals surface area contributed by atoms with Gasteiger partial charge in [0.15, 0.2) is 6.29 Å². The molecule has 1 aliphatic rings. The summed E-state index contributed by atoms with van der Waals surface area (Å²) in [7, 11) is -3.51. The van der Waals surface area contributed by atoms with E-state index in [0.717, 1.165) is 7.11 Å². The largest absolute Gasteiger partial charge is 0.474 e. The van der Waals surface area contributed by atoms with Crippen LogP contribution >= 0.6 is 7.82 Å². The van der Waals surface area contributed by atoms with Crippen molar-refractivity contribution in [2.45, 2.75) is 30.7 Å². The number of phosphoric ester groups is 1. The van der Waals surface area contributed by atoms with E-state index < -0.39 is 45.1 Å². The Morgan fingerprint density at radius 3 is 2.29 bits per heavy atom. The Morgan fingerprint density at radius 1 is 1.24 bits per heavy atom. The summed E-state index contributed by atoms with van der Waals surface area (Å²) in [4.78, 5) is 9.02. The fourth-order valence-corrected chi connectivity index (χ4v) is 1.85. The van der Waals surface area contributed by atoms with Crippen LogP contribution < -0.4 is 0 Å². The Bertz CT molecular complexity index is 295. The SMILES string of the molecule is COP(O)(=[18O])O[C@H]1O[C@H](CO)[C@@H](O)[C@H](O)[C@H]1O. The summed E-state index contributed by atoms with van der Waals surface area (Å²) < 4.78 is 24.5. The van der Waals surface area contributed by atoms with Gasteiger partial charge in [0.25, 0.3) is 0 Å². The molecular weight excluding hydrogens is 261 g/mol. The molecule has 10 heteroatoms. The van der Waals surface area contributed by atoms with Crippen LogP contribution in [0.15, 0.2) is 0 Å². The molecule has 1 unspecified atom stereocenters. The fourth-order valence-electron chi connectivity index (χ4n) is 1.33. The summed E-state index contributed by atoms with van der Waals surface area (Å²) in [5, 5.41) is 37.1. The molecule has 0 amide bonds. The van der Waals surface area contributed by atoms with Gasteiger partial charge in [0, 0.05) is 7.11 Å². The van der Waals surface area contributed by atoms with Crippen molar-refractivity contribution in [3.8, 4) is 0 Å². The van der Waals surface area contributed by atoms with Gasteiger partial charge in [-0.3, -0.25) is 9.05 Å². The predicted molar refractivity (Wildman–Crippen MR) is 51.7 cm³/mol. The number of hydrogen-bond acceptors (Lipinski definition) is 8. The lowest BCUT2D eigenvalue weighted by atomic mass is 10.00. The Morgan fingerprint density at radius 2 is 1.82 bits per heavy atom. The van der Waals surface area contributed by atoms with Crippen molar-refractivity contribution in [1.82, 2.24) is 0 Å². The standard InChI is InChI=1S/C7H15O9P/c1-14-17(12,13)16-7-6(11)5(10)4(9)3(2-8)15-7/h3-11H,2H2,1H3,(H,12,13)/t3-,4-,5+,6-,7-/m1/s1/i12+2. The zero-order valence-corrected chi connectivity index (χ0v) is 9.80. The molecule has 0 bridgehead atoms. The first-order chi connectivity index (χ1) is 7.82. The van der Waals surface area contributed by atoms with Crippen molar-refractivity contribution in [3.63, 3.8) is 0 Å². The van der Waals surface area contributed by atoms with Gasteiger partial charge in [0.2, 0.25) is 0 Å². The summed E-state index contributed by atoms with van der Waals surface area (Å²) in [5.41, 5.74) is 0. The minimum absolute atomic E-state index is 0.659. The number of phosphoric acid groups is 1. The van der Waals surface area contributed by atoms with E-state index in [4.69, 9.17) is 14.7 Å². The van der Waals surface area contributed by atoms with E-state index in [1.54, 1.807) is 0 Å². The number of hydrogen-bond donors (Lipinski definition) is 5. The molecule has 6 atom stereocenters. The van der Waals surface area contributed by atoms with Crippen molar-refractivity contribution in [2.24, 2.45) is 0 Å². The maximum Gasteiger partial charge on any atom is 0.474 e. The van der Waals surface area contributed by atoms with Crippen LogP contribution in [0, 0.1) is 0 Å². The smallest absolute Gasteiger partial charge is 0.394 e. The van der Waals surface area contributed by atoms with Crippen LogP contribution in [-0.4, -0.2) is 69.7 Å². The highest BCUT2D eigenvalue weighted by molar-refractivity contribution is 7.47. The van der Waals surface area contributed by atoms with E-state index in [0.29, 0.717) is 0 Å². The Kier molecular flexibility index (Phi) is 5.02. The number of rotatable bonds is 4. The second-order valence-electron chi connectivity index (χ2n) is 3.45. The van der Waals surface area contributed by atoms with Gasteiger partial charge in [-0.2, -0.15) is 0 Å². The molecule has 1 aliphatic heterocycles. The van der Waals surface area contributed by atoms with Crippen LogP contribution in [-0.2, 0) is 18.3 Å². The molecule has 9 nitrogen and oxygen atoms in total. The van der Waals surface area contributed by atoms with E-state index in [9.17, 15) is 19.9 Å². The van der Waals surface area contributed by atoms with E-state index in [2.05, 4.69) is 9.05 Å². The molecule has 17 heavy (non-hydrogen) atoms. The van der Waals surface area contributed by atoms with E-state index >= 15 is 0 Å². The van der Waals surface area contributed by atoms with Crippen molar-refractivity contribution in [1.29, 1.82) is 0 Å². The Labute approximate surface area is 96.8 Å². The molecule has 0 radical (unpaired) electrons. The van der Waals surface area contributed by atoms with Crippen LogP contribution in [0.5, 0.6) is 0 Å². The second kappa shape index (κ2) is 5.70. The van der Waals surface area contributed by atoms with Gasteiger partial charge in [-0.25, -0.2) is 4.57 Å². The molecule has 1 heterocycles. The lowest BCUT2D eigenvalue weighted by Gasteiger charge is -2.39. The summed E-state index contributed by atoms with van der Waals surface area (Å²) in [6.07, 6.45) is -7.89. The van der Waals surface area contributed by atoms with Crippen molar-refractivity contribution in [3.05, 3.63) is 0 Å². The highest BCUT2D eigenvalue weighted by atomic mass is 31.2. The van der Waals surface area contributed by atoms with Crippen molar-refractivity contribution in [2.75, 3.05) is 13.7 Å². The maximum atomic E-state index is 11.1. The Balaban J connectivity index is 2.75. The van der Waals surface area contributed by atoms with E-state index in [1.165, 1.54) is 0 Å². The Hall–Kier alpha value is -0.0900. The van der Waals surface area contributed by atoms with Crippen LogP contribution in [0.4, 0.5) is 0 Å². The van der Waals surface area contributed by atoms with Crippen LogP contribution in [0.2, 0.25) is 0 Å². The third-order valence-electron chi connectivity index (χ3n) is 2.32. The van der Waals surface area contributed by atoms with Crippen LogP contribution in [0.25, 0.3) is 0 Å². The molecule has 0 aromatic carbocycles. The van der Waals surface area contributed by atoms with Gasteiger partial charge in [-0.15, -0.1) is 0 Å². The summed E-state index contributed by atoms with van der Waals surface area (Å²) in [6.45, 7) is -0.659. The highest BCUT2D eigenvalue weighted by Crippen LogP contribution is 2.45. The average molecular weight is 276 g/mol. The van der Waals surface area contributed by atoms with Crippen LogP contribution in [0.1, 0.15) is 0 Å². The zero-order valence-electron chi connectivity index (χ0n) is 8.91. The van der Waals surface area contributed by atoms with Crippen molar-refractivity contribution < 1.29 is 43.7 Å². The number of aliphatic hydroxyl groups excluding tert-OH is 4. The van der Waals surface area contributed by atoms with Crippen LogP contribution in [0.3, 0.4) is 0 Å². The predicted octanol–water partition coefficient (Wildman–Crippen LogP) is -2.45. The molecule has 0 aliphatic carbocycles. The molecule has 1 fully saturated rings. The summed E-state index contributed by atoms with van der Waals surface area (Å²) >= 11 is 0. The van der Waals surface area contributed by atoms with Gasteiger partial charge >= 0.3 is 7.82 Å². The van der Waals surface area contributed by atoms with Gasteiger partial charge in [0.05, 0.1) is 6.61 Å². The third kappa shape index (κ3) is 3.44. The minimum atomic E-state index is -4.42. The molecule has 5 N–H and O–H groups in total. The molecule has 1 saturated heterocycles. The first-order valence-corrected chi connectivity index (χ1v) is 6.19. The molecule has 102 valence electrons. The molecular formula is C7H15O9P. The van der Waals surface area contributed by atoms with Gasteiger partial charge < -0.3 is 30.1 Å². The molecule has 1 rings (SSSR count). The summed E-state index contributed by atoms with van der Waals surface area (Å²) in [6, 6.07) is 0. The second-order valence-corrected chi connectivity index (χ2v) is 4.97. The first-order valence-electron chi connectivity index (χ1n) is 4.70. The third-order valence-corrected chi connectivity index (χ3v) is 3.25. The summed E-state index contributed by atoms with van der Waals surface area (Å²) in [5.74, 6) is 0. The highest BCUT2D eigenvalue weighted by Gasteiger charge is 2.46. The normalized spacial score (nSPS) is 42.1.